The van der Waals surface area contributed by atoms with Gasteiger partial charge in [0.05, 0.1) is 5.56 Å². The van der Waals surface area contributed by atoms with Gasteiger partial charge in [-0.25, -0.2) is 14.4 Å². The number of rotatable bonds is 3. The summed E-state index contributed by atoms with van der Waals surface area (Å²) < 4.78 is 0. The van der Waals surface area contributed by atoms with Crippen LogP contribution in [0.3, 0.4) is 0 Å². The molecule has 92 valence electrons. The fourth-order valence-corrected chi connectivity index (χ4v) is 1.80. The third-order valence-corrected chi connectivity index (χ3v) is 2.48. The van der Waals surface area contributed by atoms with Crippen LogP contribution in [0.5, 0.6) is 0 Å². The summed E-state index contributed by atoms with van der Waals surface area (Å²) in [5.74, 6) is -4.27. The molecule has 0 atom stereocenters. The Bertz CT molecular complexity index is 684. The number of hydrogen-bond acceptors (Lipinski definition) is 3. The number of aromatic nitrogens is 1. The number of carboxylic acids is 3. The molecule has 0 bridgehead atoms. The lowest BCUT2D eigenvalue weighted by molar-refractivity contribution is 0.0649. The van der Waals surface area contributed by atoms with Crippen molar-refractivity contribution in [2.75, 3.05) is 0 Å². The van der Waals surface area contributed by atoms with Gasteiger partial charge in [-0.1, -0.05) is 6.07 Å². The predicted octanol–water partition coefficient (Wildman–Crippen LogP) is 1.26. The maximum absolute atomic E-state index is 11.1. The SMILES string of the molecule is O=C(O)c1[nH]c2cccc(C(=O)O)c2c1C(=O)O. The molecule has 0 amide bonds. The van der Waals surface area contributed by atoms with E-state index in [1.807, 2.05) is 0 Å². The van der Waals surface area contributed by atoms with Gasteiger partial charge < -0.3 is 20.3 Å². The molecule has 4 N–H and O–H groups in total. The second kappa shape index (κ2) is 3.88. The molecule has 0 unspecified atom stereocenters. The van der Waals surface area contributed by atoms with Crippen LogP contribution in [0, 0.1) is 0 Å². The number of carboxylic acid groups (broad SMARTS) is 3. The van der Waals surface area contributed by atoms with Crippen molar-refractivity contribution in [2.24, 2.45) is 0 Å². The van der Waals surface area contributed by atoms with Gasteiger partial charge in [-0.2, -0.15) is 0 Å². The third kappa shape index (κ3) is 1.58. The molecular formula is C11H7NO6. The molecule has 7 nitrogen and oxygen atoms in total. The summed E-state index contributed by atoms with van der Waals surface area (Å²) in [7, 11) is 0. The van der Waals surface area contributed by atoms with Crippen LogP contribution >= 0.6 is 0 Å². The highest BCUT2D eigenvalue weighted by molar-refractivity contribution is 6.17. The minimum atomic E-state index is -1.49. The summed E-state index contributed by atoms with van der Waals surface area (Å²) in [6.45, 7) is 0. The van der Waals surface area contributed by atoms with E-state index in [0.29, 0.717) is 0 Å². The Morgan fingerprint density at radius 2 is 1.61 bits per heavy atom. The van der Waals surface area contributed by atoms with Crippen LogP contribution in [0.1, 0.15) is 31.2 Å². The average molecular weight is 249 g/mol. The summed E-state index contributed by atoms with van der Waals surface area (Å²) in [6.07, 6.45) is 0. The van der Waals surface area contributed by atoms with E-state index in [-0.39, 0.29) is 16.5 Å². The molecule has 0 radical (unpaired) electrons. The standard InChI is InChI=1S/C11H7NO6/c13-9(14)4-2-1-3-5-6(4)7(10(15)16)8(12-5)11(17)18/h1-3,12H,(H,13,14)(H,15,16)(H,17,18). The van der Waals surface area contributed by atoms with E-state index in [1.165, 1.54) is 18.2 Å². The normalized spacial score (nSPS) is 10.4. The van der Waals surface area contributed by atoms with Crippen molar-refractivity contribution in [3.05, 3.63) is 35.0 Å². The monoisotopic (exact) mass is 249 g/mol. The highest BCUT2D eigenvalue weighted by atomic mass is 16.4. The van der Waals surface area contributed by atoms with Gasteiger partial charge in [0.1, 0.15) is 11.3 Å². The molecule has 1 heterocycles. The number of H-pyrrole nitrogens is 1. The van der Waals surface area contributed by atoms with Gasteiger partial charge in [0, 0.05) is 10.9 Å². The van der Waals surface area contributed by atoms with E-state index in [9.17, 15) is 14.4 Å². The van der Waals surface area contributed by atoms with Crippen LogP contribution in [0.15, 0.2) is 18.2 Å². The Kier molecular flexibility index (Phi) is 2.51. The molecule has 0 fully saturated rings. The molecule has 1 aromatic heterocycles. The van der Waals surface area contributed by atoms with Crippen molar-refractivity contribution < 1.29 is 29.7 Å². The molecule has 0 saturated carbocycles. The first kappa shape index (κ1) is 11.6. The van der Waals surface area contributed by atoms with Gasteiger partial charge in [0.15, 0.2) is 0 Å². The fourth-order valence-electron chi connectivity index (χ4n) is 1.80. The maximum atomic E-state index is 11.1. The zero-order chi connectivity index (χ0) is 13.4. The van der Waals surface area contributed by atoms with Gasteiger partial charge in [-0.05, 0) is 12.1 Å². The van der Waals surface area contributed by atoms with Crippen LogP contribution in [0.4, 0.5) is 0 Å². The molecule has 7 heteroatoms. The number of carbonyl (C=O) groups is 3. The van der Waals surface area contributed by atoms with Crippen molar-refractivity contribution in [2.45, 2.75) is 0 Å². The quantitative estimate of drug-likeness (QED) is 0.648. The van der Waals surface area contributed by atoms with Gasteiger partial charge in [0.25, 0.3) is 0 Å². The van der Waals surface area contributed by atoms with E-state index < -0.39 is 29.2 Å². The summed E-state index contributed by atoms with van der Waals surface area (Å²) in [4.78, 5) is 35.4. The van der Waals surface area contributed by atoms with Gasteiger partial charge in [-0.3, -0.25) is 0 Å². The zero-order valence-electron chi connectivity index (χ0n) is 8.80. The van der Waals surface area contributed by atoms with Crippen LogP contribution in [-0.2, 0) is 0 Å². The molecule has 1 aromatic carbocycles. The van der Waals surface area contributed by atoms with Crippen LogP contribution < -0.4 is 0 Å². The molecule has 18 heavy (non-hydrogen) atoms. The van der Waals surface area contributed by atoms with Gasteiger partial charge >= 0.3 is 17.9 Å². The Balaban J connectivity index is 2.97. The van der Waals surface area contributed by atoms with Crippen molar-refractivity contribution in [1.82, 2.24) is 4.98 Å². The second-order valence-electron chi connectivity index (χ2n) is 3.52. The minimum Gasteiger partial charge on any atom is -0.478 e. The Morgan fingerprint density at radius 1 is 0.944 bits per heavy atom. The lowest BCUT2D eigenvalue weighted by atomic mass is 10.0. The van der Waals surface area contributed by atoms with Crippen molar-refractivity contribution in [3.63, 3.8) is 0 Å². The third-order valence-electron chi connectivity index (χ3n) is 2.48. The van der Waals surface area contributed by atoms with Crippen molar-refractivity contribution >= 4 is 28.8 Å². The molecule has 2 rings (SSSR count). The summed E-state index contributed by atoms with van der Waals surface area (Å²) in [5, 5.41) is 26.8. The Labute approximate surface area is 99.3 Å². The summed E-state index contributed by atoms with van der Waals surface area (Å²) in [5.41, 5.74) is -1.18. The summed E-state index contributed by atoms with van der Waals surface area (Å²) >= 11 is 0. The first-order valence-corrected chi connectivity index (χ1v) is 4.78. The Morgan fingerprint density at radius 3 is 2.11 bits per heavy atom. The van der Waals surface area contributed by atoms with Crippen molar-refractivity contribution in [3.8, 4) is 0 Å². The molecule has 0 aliphatic carbocycles. The van der Waals surface area contributed by atoms with Crippen molar-refractivity contribution in [1.29, 1.82) is 0 Å². The fraction of sp³-hybridized carbons (Fsp3) is 0. The average Bonchev–Trinajstić information content (AvgIpc) is 2.67. The highest BCUT2D eigenvalue weighted by Crippen LogP contribution is 2.26. The van der Waals surface area contributed by atoms with E-state index >= 15 is 0 Å². The van der Waals surface area contributed by atoms with E-state index in [0.717, 1.165) is 0 Å². The predicted molar refractivity (Wildman–Crippen MR) is 59.2 cm³/mol. The molecule has 2 aromatic rings. The molecule has 0 aliphatic heterocycles. The number of benzene rings is 1. The number of nitrogens with one attached hydrogen (secondary N) is 1. The van der Waals surface area contributed by atoms with Crippen LogP contribution in [-0.4, -0.2) is 38.2 Å². The first-order valence-electron chi connectivity index (χ1n) is 4.78. The lowest BCUT2D eigenvalue weighted by Gasteiger charge is -1.99. The number of aromatic amines is 1. The lowest BCUT2D eigenvalue weighted by Crippen LogP contribution is -2.07. The highest BCUT2D eigenvalue weighted by Gasteiger charge is 2.25. The maximum Gasteiger partial charge on any atom is 0.353 e. The largest absolute Gasteiger partial charge is 0.478 e. The topological polar surface area (TPSA) is 128 Å². The molecular weight excluding hydrogens is 242 g/mol. The number of fused-ring (bicyclic) bond motifs is 1. The van der Waals surface area contributed by atoms with E-state index in [4.69, 9.17) is 15.3 Å². The molecule has 0 saturated heterocycles. The van der Waals surface area contributed by atoms with E-state index in [1.54, 1.807) is 0 Å². The van der Waals surface area contributed by atoms with Gasteiger partial charge in [-0.15, -0.1) is 0 Å². The number of hydrogen-bond donors (Lipinski definition) is 4. The minimum absolute atomic E-state index is 0.116. The van der Waals surface area contributed by atoms with Crippen LogP contribution in [0.2, 0.25) is 0 Å². The van der Waals surface area contributed by atoms with Crippen LogP contribution in [0.25, 0.3) is 10.9 Å². The molecule has 0 aliphatic rings. The summed E-state index contributed by atoms with van der Waals surface area (Å²) in [6, 6.07) is 4.04. The van der Waals surface area contributed by atoms with E-state index in [2.05, 4.69) is 4.98 Å². The number of aromatic carboxylic acids is 3. The first-order chi connectivity index (χ1) is 8.43. The van der Waals surface area contributed by atoms with Gasteiger partial charge in [0.2, 0.25) is 0 Å². The smallest absolute Gasteiger partial charge is 0.353 e. The zero-order valence-corrected chi connectivity index (χ0v) is 8.80. The second-order valence-corrected chi connectivity index (χ2v) is 3.52. The molecule has 0 spiro atoms. The Hall–Kier alpha value is -2.83.